The standard InChI is InChI=1S/C13H26ClNO/c1-3-4-5-6-7-8-15-10-13(9-14)16-11-12(15)2/h12-13H,3-11H2,1-2H3. The van der Waals surface area contributed by atoms with E-state index in [0.29, 0.717) is 11.9 Å². The highest BCUT2D eigenvalue weighted by Gasteiger charge is 2.24. The molecule has 0 saturated carbocycles. The Hall–Kier alpha value is 0.210. The maximum Gasteiger partial charge on any atom is 0.0837 e. The zero-order chi connectivity index (χ0) is 11.8. The Morgan fingerprint density at radius 3 is 2.69 bits per heavy atom. The van der Waals surface area contributed by atoms with Crippen molar-refractivity contribution in [2.45, 2.75) is 58.1 Å². The van der Waals surface area contributed by atoms with Crippen molar-refractivity contribution >= 4 is 11.6 Å². The summed E-state index contributed by atoms with van der Waals surface area (Å²) >= 11 is 5.84. The first-order valence-corrected chi connectivity index (χ1v) is 7.23. The Labute approximate surface area is 105 Å². The molecule has 2 nitrogen and oxygen atoms in total. The van der Waals surface area contributed by atoms with Crippen molar-refractivity contribution in [1.82, 2.24) is 4.90 Å². The Balaban J connectivity index is 2.13. The molecular weight excluding hydrogens is 222 g/mol. The van der Waals surface area contributed by atoms with Gasteiger partial charge in [0.2, 0.25) is 0 Å². The fourth-order valence-corrected chi connectivity index (χ4v) is 2.39. The number of morpholine rings is 1. The molecule has 16 heavy (non-hydrogen) atoms. The zero-order valence-corrected chi connectivity index (χ0v) is 11.5. The number of hydrogen-bond acceptors (Lipinski definition) is 2. The zero-order valence-electron chi connectivity index (χ0n) is 10.8. The number of halogens is 1. The van der Waals surface area contributed by atoms with Crippen LogP contribution in [0.2, 0.25) is 0 Å². The third kappa shape index (κ3) is 5.03. The third-order valence-corrected chi connectivity index (χ3v) is 3.70. The number of hydrogen-bond donors (Lipinski definition) is 0. The van der Waals surface area contributed by atoms with Gasteiger partial charge in [-0.2, -0.15) is 0 Å². The first-order valence-electron chi connectivity index (χ1n) is 6.69. The first-order chi connectivity index (χ1) is 7.77. The van der Waals surface area contributed by atoms with Crippen LogP contribution in [0, 0.1) is 0 Å². The number of nitrogens with zero attached hydrogens (tertiary/aromatic N) is 1. The van der Waals surface area contributed by atoms with Gasteiger partial charge in [0.05, 0.1) is 12.7 Å². The smallest absolute Gasteiger partial charge is 0.0837 e. The summed E-state index contributed by atoms with van der Waals surface area (Å²) < 4.78 is 5.64. The number of ether oxygens (including phenoxy) is 1. The van der Waals surface area contributed by atoms with E-state index >= 15 is 0 Å². The van der Waals surface area contributed by atoms with Gasteiger partial charge in [-0.3, -0.25) is 4.90 Å². The van der Waals surface area contributed by atoms with Crippen LogP contribution in [0.15, 0.2) is 0 Å². The van der Waals surface area contributed by atoms with E-state index in [1.54, 1.807) is 0 Å². The molecule has 0 aromatic carbocycles. The second kappa shape index (κ2) is 8.32. The van der Waals surface area contributed by atoms with Gasteiger partial charge in [0, 0.05) is 18.5 Å². The third-order valence-electron chi connectivity index (χ3n) is 3.36. The van der Waals surface area contributed by atoms with E-state index in [2.05, 4.69) is 18.7 Å². The number of unbranched alkanes of at least 4 members (excludes halogenated alkanes) is 4. The molecule has 0 bridgehead atoms. The van der Waals surface area contributed by atoms with E-state index in [4.69, 9.17) is 16.3 Å². The lowest BCUT2D eigenvalue weighted by Crippen LogP contribution is -2.49. The van der Waals surface area contributed by atoms with Crippen molar-refractivity contribution in [3.63, 3.8) is 0 Å². The summed E-state index contributed by atoms with van der Waals surface area (Å²) in [6, 6.07) is 0.561. The molecule has 0 aromatic heterocycles. The van der Waals surface area contributed by atoms with Gasteiger partial charge in [-0.25, -0.2) is 0 Å². The van der Waals surface area contributed by atoms with E-state index < -0.39 is 0 Å². The molecule has 1 aliphatic heterocycles. The molecule has 0 amide bonds. The average molecular weight is 248 g/mol. The van der Waals surface area contributed by atoms with E-state index in [1.165, 1.54) is 38.6 Å². The molecule has 0 aromatic rings. The van der Waals surface area contributed by atoms with Gasteiger partial charge >= 0.3 is 0 Å². The molecule has 3 heteroatoms. The molecule has 2 atom stereocenters. The molecule has 0 radical (unpaired) electrons. The highest BCUT2D eigenvalue weighted by atomic mass is 35.5. The molecule has 1 aliphatic rings. The maximum atomic E-state index is 5.84. The molecule has 2 unspecified atom stereocenters. The summed E-state index contributed by atoms with van der Waals surface area (Å²) in [6.07, 6.45) is 7.01. The van der Waals surface area contributed by atoms with Crippen LogP contribution in [0.1, 0.15) is 46.0 Å². The molecule has 0 aliphatic carbocycles. The van der Waals surface area contributed by atoms with E-state index in [0.717, 1.165) is 13.2 Å². The highest BCUT2D eigenvalue weighted by molar-refractivity contribution is 6.18. The normalized spacial score (nSPS) is 27.2. The van der Waals surface area contributed by atoms with Gasteiger partial charge < -0.3 is 4.74 Å². The Morgan fingerprint density at radius 1 is 1.25 bits per heavy atom. The van der Waals surface area contributed by atoms with Gasteiger partial charge in [0.25, 0.3) is 0 Å². The van der Waals surface area contributed by atoms with Crippen molar-refractivity contribution in [3.05, 3.63) is 0 Å². The minimum Gasteiger partial charge on any atom is -0.374 e. The topological polar surface area (TPSA) is 12.5 Å². The first kappa shape index (κ1) is 14.3. The lowest BCUT2D eigenvalue weighted by Gasteiger charge is -2.37. The number of rotatable bonds is 7. The molecule has 1 heterocycles. The summed E-state index contributed by atoms with van der Waals surface area (Å²) in [5, 5.41) is 0. The van der Waals surface area contributed by atoms with Gasteiger partial charge in [0.15, 0.2) is 0 Å². The van der Waals surface area contributed by atoms with Crippen LogP contribution in [0.5, 0.6) is 0 Å². The summed E-state index contributed by atoms with van der Waals surface area (Å²) in [6.45, 7) is 7.57. The second-order valence-corrected chi connectivity index (χ2v) is 5.18. The fraction of sp³-hybridized carbons (Fsp3) is 1.00. The van der Waals surface area contributed by atoms with Crippen molar-refractivity contribution in [1.29, 1.82) is 0 Å². The van der Waals surface area contributed by atoms with Gasteiger partial charge in [-0.15, -0.1) is 11.6 Å². The largest absolute Gasteiger partial charge is 0.374 e. The average Bonchev–Trinajstić information content (AvgIpc) is 2.31. The van der Waals surface area contributed by atoms with Crippen molar-refractivity contribution < 1.29 is 4.74 Å². The second-order valence-electron chi connectivity index (χ2n) is 4.87. The Morgan fingerprint density at radius 2 is 2.00 bits per heavy atom. The van der Waals surface area contributed by atoms with Gasteiger partial charge in [-0.1, -0.05) is 32.6 Å². The lowest BCUT2D eigenvalue weighted by molar-refractivity contribution is -0.0480. The quantitative estimate of drug-likeness (QED) is 0.506. The minimum atomic E-state index is 0.244. The molecule has 1 saturated heterocycles. The summed E-state index contributed by atoms with van der Waals surface area (Å²) in [5.74, 6) is 0.624. The molecule has 1 rings (SSSR count). The summed E-state index contributed by atoms with van der Waals surface area (Å²) in [5.41, 5.74) is 0. The van der Waals surface area contributed by atoms with Crippen LogP contribution < -0.4 is 0 Å². The van der Waals surface area contributed by atoms with Crippen LogP contribution in [-0.2, 0) is 4.74 Å². The van der Waals surface area contributed by atoms with Gasteiger partial charge in [0.1, 0.15) is 0 Å². The fourth-order valence-electron chi connectivity index (χ4n) is 2.20. The molecule has 96 valence electrons. The van der Waals surface area contributed by atoms with Crippen LogP contribution >= 0.6 is 11.6 Å². The SMILES string of the molecule is CCCCCCCN1CC(CCl)OCC1C. The monoisotopic (exact) mass is 247 g/mol. The maximum absolute atomic E-state index is 5.84. The minimum absolute atomic E-state index is 0.244. The van der Waals surface area contributed by atoms with Gasteiger partial charge in [-0.05, 0) is 19.9 Å². The van der Waals surface area contributed by atoms with Crippen molar-refractivity contribution in [2.75, 3.05) is 25.6 Å². The van der Waals surface area contributed by atoms with E-state index in [9.17, 15) is 0 Å². The predicted octanol–water partition coefficient (Wildman–Crippen LogP) is 3.28. The molecule has 1 fully saturated rings. The molecule has 0 spiro atoms. The highest BCUT2D eigenvalue weighted by Crippen LogP contribution is 2.14. The van der Waals surface area contributed by atoms with Crippen LogP contribution in [-0.4, -0.2) is 42.6 Å². The Bertz CT molecular complexity index is 177. The predicted molar refractivity (Wildman–Crippen MR) is 70.3 cm³/mol. The van der Waals surface area contributed by atoms with Crippen LogP contribution in [0.3, 0.4) is 0 Å². The summed E-state index contributed by atoms with van der Waals surface area (Å²) in [4.78, 5) is 2.53. The Kier molecular flexibility index (Phi) is 7.42. The molecular formula is C13H26ClNO. The van der Waals surface area contributed by atoms with Crippen LogP contribution in [0.4, 0.5) is 0 Å². The summed E-state index contributed by atoms with van der Waals surface area (Å²) in [7, 11) is 0. The van der Waals surface area contributed by atoms with Crippen molar-refractivity contribution in [3.8, 4) is 0 Å². The molecule has 0 N–H and O–H groups in total. The van der Waals surface area contributed by atoms with Crippen LogP contribution in [0.25, 0.3) is 0 Å². The van der Waals surface area contributed by atoms with E-state index in [1.807, 2.05) is 0 Å². The van der Waals surface area contributed by atoms with Crippen molar-refractivity contribution in [2.24, 2.45) is 0 Å². The van der Waals surface area contributed by atoms with E-state index in [-0.39, 0.29) is 6.10 Å². The number of alkyl halides is 1. The lowest BCUT2D eigenvalue weighted by atomic mass is 10.1.